The number of allylic oxidation sites excluding steroid dienone is 4. The van der Waals surface area contributed by atoms with Gasteiger partial charge in [-0.1, -0.05) is 0 Å². The van der Waals surface area contributed by atoms with Crippen LogP contribution in [0.4, 0.5) is 0 Å². The Balaban J connectivity index is 0.00000144. The molecule has 1 aliphatic carbocycles. The van der Waals surface area contributed by atoms with Crippen molar-refractivity contribution in [3.8, 4) is 0 Å². The van der Waals surface area contributed by atoms with E-state index in [-0.39, 0.29) is 24.8 Å². The average Bonchev–Trinajstić information content (AvgIpc) is 2.82. The molecule has 4 heteroatoms. The first kappa shape index (κ1) is 21.3. The predicted molar refractivity (Wildman–Crippen MR) is 90.1 cm³/mol. The molecule has 0 atom stereocenters. The Morgan fingerprint density at radius 1 is 1.08 bits per heavy atom. The Morgan fingerprint density at radius 2 is 1.83 bits per heavy atom. The van der Waals surface area contributed by atoms with Gasteiger partial charge in [-0.25, -0.2) is 0 Å². The van der Waals surface area contributed by atoms with E-state index in [2.05, 4.69) is 59.4 Å². The first-order valence-electron chi connectivity index (χ1n) is 8.15. The van der Waals surface area contributed by atoms with Gasteiger partial charge in [-0.2, -0.15) is 0 Å². The number of para-hydroxylation sites is 1. The molecule has 1 aromatic carbocycles. The molecule has 0 fully saturated rings. The van der Waals surface area contributed by atoms with E-state index in [1.54, 1.807) is 0 Å². The van der Waals surface area contributed by atoms with Gasteiger partial charge >= 0.3 is 141 Å². The number of hydrogen-bond donors (Lipinski definition) is 0. The molecule has 0 N–H and O–H groups in total. The van der Waals surface area contributed by atoms with Gasteiger partial charge in [0.15, 0.2) is 0 Å². The molecular formula is C20H22Cl2CrN. The Kier molecular flexibility index (Phi) is 8.54. The number of rotatable bonds is 5. The average molecular weight is 399 g/mol. The SMILES string of the molecule is CCCCCC1=[C]([Cr+2])CC(c2cccc3cccnc23)=C1C.[Cl-].[Cl-]. The summed E-state index contributed by atoms with van der Waals surface area (Å²) in [7, 11) is 0. The fourth-order valence-corrected chi connectivity index (χ4v) is 3.94. The second-order valence-corrected chi connectivity index (χ2v) is 6.79. The summed E-state index contributed by atoms with van der Waals surface area (Å²) >= 11 is 3.31. The summed E-state index contributed by atoms with van der Waals surface area (Å²) in [5.74, 6) is 0. The summed E-state index contributed by atoms with van der Waals surface area (Å²) in [5, 5.41) is 1.22. The maximum atomic E-state index is 4.62. The fourth-order valence-electron chi connectivity index (χ4n) is 3.31. The number of pyridine rings is 1. The third kappa shape index (κ3) is 4.24. The van der Waals surface area contributed by atoms with Crippen LogP contribution in [0.25, 0.3) is 16.5 Å². The summed E-state index contributed by atoms with van der Waals surface area (Å²) in [6, 6.07) is 10.7. The van der Waals surface area contributed by atoms with Crippen molar-refractivity contribution in [1.29, 1.82) is 0 Å². The molecule has 0 amide bonds. The molecule has 2 aromatic rings. The summed E-state index contributed by atoms with van der Waals surface area (Å²) in [6.07, 6.45) is 8.00. The van der Waals surface area contributed by atoms with Crippen LogP contribution in [0.2, 0.25) is 0 Å². The number of unbranched alkanes of at least 4 members (excludes halogenated alkanes) is 2. The second kappa shape index (κ2) is 9.64. The van der Waals surface area contributed by atoms with Crippen LogP contribution < -0.4 is 24.8 Å². The van der Waals surface area contributed by atoms with E-state index in [9.17, 15) is 0 Å². The first-order chi connectivity index (χ1) is 10.7. The van der Waals surface area contributed by atoms with Crippen LogP contribution >= 0.6 is 0 Å². The number of hydrogen-bond acceptors (Lipinski definition) is 1. The van der Waals surface area contributed by atoms with Gasteiger partial charge in [0.1, 0.15) is 0 Å². The van der Waals surface area contributed by atoms with Gasteiger partial charge in [0, 0.05) is 0 Å². The molecule has 0 saturated carbocycles. The third-order valence-corrected chi connectivity index (χ3v) is 5.18. The summed E-state index contributed by atoms with van der Waals surface area (Å²) < 4.78 is 1.43. The van der Waals surface area contributed by atoms with Gasteiger partial charge < -0.3 is 24.8 Å². The normalized spacial score (nSPS) is 13.9. The van der Waals surface area contributed by atoms with Crippen LogP contribution in [0.5, 0.6) is 0 Å². The maximum Gasteiger partial charge on any atom is -1.00 e. The van der Waals surface area contributed by atoms with Crippen LogP contribution in [0.1, 0.15) is 51.5 Å². The molecule has 1 heterocycles. The van der Waals surface area contributed by atoms with E-state index in [0.29, 0.717) is 0 Å². The van der Waals surface area contributed by atoms with Crippen molar-refractivity contribution in [3.05, 3.63) is 57.7 Å². The molecule has 0 unspecified atom stereocenters. The standard InChI is InChI=1S/C20H22N.2ClH.Cr/c1-3-4-5-8-16-12-13-18(15(16)2)19-11-6-9-17-10-7-14-21-20(17)19;;;/h6-7,9-11,14H,3-5,8,13H2,1-2H3;2*1H;/q;;;+2/p-2. The van der Waals surface area contributed by atoms with Crippen molar-refractivity contribution in [2.45, 2.75) is 46.0 Å². The molecule has 1 aliphatic rings. The minimum absolute atomic E-state index is 0. The van der Waals surface area contributed by atoms with Crippen molar-refractivity contribution < 1.29 is 41.1 Å². The zero-order chi connectivity index (χ0) is 15.5. The van der Waals surface area contributed by atoms with E-state index in [1.165, 1.54) is 57.8 Å². The fraction of sp³-hybridized carbons (Fsp3) is 0.350. The molecule has 127 valence electrons. The molecule has 1 nitrogen and oxygen atoms in total. The summed E-state index contributed by atoms with van der Waals surface area (Å²) in [5.41, 5.74) is 6.87. The number of benzene rings is 1. The van der Waals surface area contributed by atoms with Crippen molar-refractivity contribution in [2.75, 3.05) is 0 Å². The predicted octanol–water partition coefficient (Wildman–Crippen LogP) is -0.199. The molecule has 0 radical (unpaired) electrons. The van der Waals surface area contributed by atoms with Gasteiger partial charge in [0.05, 0.1) is 0 Å². The number of fused-ring (bicyclic) bond motifs is 1. The number of halogens is 2. The topological polar surface area (TPSA) is 12.9 Å². The van der Waals surface area contributed by atoms with E-state index in [4.69, 9.17) is 0 Å². The molecule has 0 spiro atoms. The van der Waals surface area contributed by atoms with Crippen LogP contribution in [0, 0.1) is 0 Å². The van der Waals surface area contributed by atoms with Gasteiger partial charge in [-0.3, -0.25) is 0 Å². The van der Waals surface area contributed by atoms with Crippen molar-refractivity contribution in [2.24, 2.45) is 0 Å². The van der Waals surface area contributed by atoms with Crippen molar-refractivity contribution in [3.63, 3.8) is 0 Å². The number of aromatic nitrogens is 1. The van der Waals surface area contributed by atoms with Crippen LogP contribution in [-0.4, -0.2) is 4.98 Å². The Labute approximate surface area is 165 Å². The monoisotopic (exact) mass is 398 g/mol. The van der Waals surface area contributed by atoms with E-state index >= 15 is 0 Å². The van der Waals surface area contributed by atoms with Crippen molar-refractivity contribution >= 4 is 16.5 Å². The Morgan fingerprint density at radius 3 is 2.58 bits per heavy atom. The third-order valence-electron chi connectivity index (χ3n) is 4.57. The molecule has 3 rings (SSSR count). The van der Waals surface area contributed by atoms with Gasteiger partial charge in [-0.15, -0.1) is 0 Å². The summed E-state index contributed by atoms with van der Waals surface area (Å²) in [4.78, 5) is 4.62. The van der Waals surface area contributed by atoms with Crippen LogP contribution in [-0.2, 0) is 16.3 Å². The summed E-state index contributed by atoms with van der Waals surface area (Å²) in [6.45, 7) is 4.54. The van der Waals surface area contributed by atoms with Gasteiger partial charge in [-0.05, 0) is 0 Å². The minimum atomic E-state index is 0. The molecular weight excluding hydrogens is 377 g/mol. The smallest absolute Gasteiger partial charge is 1.00 e. The quantitative estimate of drug-likeness (QED) is 0.635. The van der Waals surface area contributed by atoms with E-state index < -0.39 is 0 Å². The molecule has 1 aromatic heterocycles. The first-order valence-corrected chi connectivity index (χ1v) is 8.79. The zero-order valence-corrected chi connectivity index (χ0v) is 16.9. The van der Waals surface area contributed by atoms with E-state index in [1.807, 2.05) is 12.3 Å². The minimum Gasteiger partial charge on any atom is -1.00 e. The molecule has 0 aliphatic heterocycles. The number of nitrogens with zero attached hydrogens (tertiary/aromatic N) is 1. The van der Waals surface area contributed by atoms with Gasteiger partial charge in [0.25, 0.3) is 0 Å². The molecule has 0 bridgehead atoms. The van der Waals surface area contributed by atoms with Gasteiger partial charge in [0.2, 0.25) is 0 Å². The Hall–Kier alpha value is -0.778. The second-order valence-electron chi connectivity index (χ2n) is 6.02. The molecule has 0 saturated heterocycles. The molecule has 24 heavy (non-hydrogen) atoms. The van der Waals surface area contributed by atoms with E-state index in [0.717, 1.165) is 11.9 Å². The zero-order valence-electron chi connectivity index (χ0n) is 14.1. The maximum absolute atomic E-state index is 4.62. The Bertz CT molecular complexity index is 760. The van der Waals surface area contributed by atoms with Crippen molar-refractivity contribution in [1.82, 2.24) is 4.98 Å². The largest absolute Gasteiger partial charge is 1.00 e. The van der Waals surface area contributed by atoms with Crippen LogP contribution in [0.15, 0.2) is 52.1 Å². The van der Waals surface area contributed by atoms with Crippen LogP contribution in [0.3, 0.4) is 0 Å².